The second kappa shape index (κ2) is 11.8. The number of nitrogens with zero attached hydrogens (tertiary/aromatic N) is 3. The molecule has 0 saturated carbocycles. The quantitative estimate of drug-likeness (QED) is 0.388. The predicted octanol–water partition coefficient (Wildman–Crippen LogP) is 4.60. The number of aromatic hydroxyl groups is 1. The van der Waals surface area contributed by atoms with Gasteiger partial charge in [0, 0.05) is 33.7 Å². The first-order valence-electron chi connectivity index (χ1n) is 11.7. The molecule has 1 aliphatic heterocycles. The summed E-state index contributed by atoms with van der Waals surface area (Å²) in [7, 11) is 3.29. The van der Waals surface area contributed by atoms with Gasteiger partial charge in [-0.1, -0.05) is 23.7 Å². The van der Waals surface area contributed by atoms with Crippen molar-refractivity contribution in [1.82, 2.24) is 15.2 Å². The SMILES string of the molecule is CN(C)C(=O)c1ccc(N2CCC(CCCNC(=O)[C@H](c3cccc(O)c3)C(F)(F)F)CC2)nc1Cl. The molecule has 1 atom stereocenters. The van der Waals surface area contributed by atoms with Gasteiger partial charge in [0.1, 0.15) is 16.7 Å². The molecule has 3 rings (SSSR count). The summed E-state index contributed by atoms with van der Waals surface area (Å²) in [6, 6.07) is 8.13. The Kier molecular flexibility index (Phi) is 9.05. The Labute approximate surface area is 213 Å². The van der Waals surface area contributed by atoms with Crippen LogP contribution in [0.15, 0.2) is 36.4 Å². The van der Waals surface area contributed by atoms with Crippen LogP contribution in [0.1, 0.15) is 47.5 Å². The van der Waals surface area contributed by atoms with Gasteiger partial charge in [-0.05, 0) is 61.4 Å². The zero-order valence-corrected chi connectivity index (χ0v) is 20.9. The molecule has 1 aromatic carbocycles. The highest BCUT2D eigenvalue weighted by molar-refractivity contribution is 6.32. The number of rotatable bonds is 8. The molecule has 196 valence electrons. The fourth-order valence-electron chi connectivity index (χ4n) is 4.35. The molecule has 1 fully saturated rings. The van der Waals surface area contributed by atoms with Crippen molar-refractivity contribution in [2.45, 2.75) is 37.8 Å². The number of piperidine rings is 1. The lowest BCUT2D eigenvalue weighted by atomic mass is 9.92. The molecule has 1 aliphatic rings. The van der Waals surface area contributed by atoms with Gasteiger partial charge in [0.05, 0.1) is 5.56 Å². The minimum absolute atomic E-state index is 0.142. The number of amides is 2. The van der Waals surface area contributed by atoms with E-state index in [2.05, 4.69) is 15.2 Å². The third-order valence-corrected chi connectivity index (χ3v) is 6.58. The molecular formula is C25H30ClF3N4O3. The Hall–Kier alpha value is -3.01. The van der Waals surface area contributed by atoms with Crippen molar-refractivity contribution in [2.24, 2.45) is 5.92 Å². The van der Waals surface area contributed by atoms with Crippen molar-refractivity contribution in [1.29, 1.82) is 0 Å². The second-order valence-corrected chi connectivity index (χ2v) is 9.50. The van der Waals surface area contributed by atoms with Crippen LogP contribution in [0.3, 0.4) is 0 Å². The van der Waals surface area contributed by atoms with E-state index < -0.39 is 18.0 Å². The first-order chi connectivity index (χ1) is 17.0. The molecule has 0 radical (unpaired) electrons. The van der Waals surface area contributed by atoms with Crippen molar-refractivity contribution in [3.8, 4) is 5.75 Å². The van der Waals surface area contributed by atoms with Crippen molar-refractivity contribution < 1.29 is 27.9 Å². The smallest absolute Gasteiger partial charge is 0.404 e. The topological polar surface area (TPSA) is 85.8 Å². The van der Waals surface area contributed by atoms with E-state index in [4.69, 9.17) is 11.6 Å². The summed E-state index contributed by atoms with van der Waals surface area (Å²) >= 11 is 6.22. The maximum atomic E-state index is 13.5. The Morgan fingerprint density at radius 3 is 2.50 bits per heavy atom. The summed E-state index contributed by atoms with van der Waals surface area (Å²) in [6.45, 7) is 1.63. The summed E-state index contributed by atoms with van der Waals surface area (Å²) < 4.78 is 40.5. The van der Waals surface area contributed by atoms with Crippen LogP contribution in [0, 0.1) is 5.92 Å². The molecule has 1 aromatic heterocycles. The van der Waals surface area contributed by atoms with E-state index in [1.807, 2.05) is 0 Å². The van der Waals surface area contributed by atoms with Gasteiger partial charge in [-0.2, -0.15) is 13.2 Å². The molecule has 2 amide bonds. The molecular weight excluding hydrogens is 497 g/mol. The van der Waals surface area contributed by atoms with E-state index in [1.54, 1.807) is 26.2 Å². The van der Waals surface area contributed by atoms with Crippen LogP contribution < -0.4 is 10.2 Å². The number of phenols is 1. The van der Waals surface area contributed by atoms with E-state index >= 15 is 0 Å². The first-order valence-corrected chi connectivity index (χ1v) is 12.1. The number of carbonyl (C=O) groups is 2. The molecule has 0 bridgehead atoms. The van der Waals surface area contributed by atoms with E-state index in [-0.39, 0.29) is 28.9 Å². The van der Waals surface area contributed by atoms with Gasteiger partial charge in [-0.25, -0.2) is 4.98 Å². The highest BCUT2D eigenvalue weighted by Gasteiger charge is 2.46. The van der Waals surface area contributed by atoms with Gasteiger partial charge in [0.2, 0.25) is 5.91 Å². The second-order valence-electron chi connectivity index (χ2n) is 9.14. The van der Waals surface area contributed by atoms with E-state index in [9.17, 15) is 27.9 Å². The summed E-state index contributed by atoms with van der Waals surface area (Å²) in [5.41, 5.74) is 0.0550. The summed E-state index contributed by atoms with van der Waals surface area (Å²) in [6.07, 6.45) is -1.67. The van der Waals surface area contributed by atoms with Crippen molar-refractivity contribution in [3.63, 3.8) is 0 Å². The van der Waals surface area contributed by atoms with Gasteiger partial charge in [-0.15, -0.1) is 0 Å². The minimum atomic E-state index is -4.76. The molecule has 11 heteroatoms. The lowest BCUT2D eigenvalue weighted by Crippen LogP contribution is -2.38. The van der Waals surface area contributed by atoms with Gasteiger partial charge in [0.15, 0.2) is 5.92 Å². The standard InChI is InChI=1S/C25H30ClF3N4O3/c1-32(2)24(36)19-8-9-20(31-22(19)26)33-13-10-16(11-14-33)5-4-12-30-23(35)21(25(27,28)29)17-6-3-7-18(34)15-17/h3,6-9,15-16,21,34H,4-5,10-14H2,1-2H3,(H,30,35)/t21-/m0/s1. The number of carbonyl (C=O) groups excluding carboxylic acids is 2. The largest absolute Gasteiger partial charge is 0.508 e. The first kappa shape index (κ1) is 27.6. The Bertz CT molecular complexity index is 1070. The predicted molar refractivity (Wildman–Crippen MR) is 131 cm³/mol. The van der Waals surface area contributed by atoms with Gasteiger partial charge in [0.25, 0.3) is 5.91 Å². The molecule has 0 unspecified atom stereocenters. The number of nitrogens with one attached hydrogen (secondary N) is 1. The Balaban J connectivity index is 1.46. The number of benzene rings is 1. The highest BCUT2D eigenvalue weighted by atomic mass is 35.5. The van der Waals surface area contributed by atoms with Crippen LogP contribution in [-0.2, 0) is 4.79 Å². The molecule has 2 N–H and O–H groups in total. The Morgan fingerprint density at radius 1 is 1.22 bits per heavy atom. The van der Waals surface area contributed by atoms with Crippen molar-refractivity contribution in [3.05, 3.63) is 52.7 Å². The molecule has 0 spiro atoms. The fourth-order valence-corrected chi connectivity index (χ4v) is 4.58. The van der Waals surface area contributed by atoms with Crippen molar-refractivity contribution in [2.75, 3.05) is 38.6 Å². The summed E-state index contributed by atoms with van der Waals surface area (Å²) in [5.74, 6) is -2.91. The van der Waals surface area contributed by atoms with Crippen LogP contribution >= 0.6 is 11.6 Å². The van der Waals surface area contributed by atoms with E-state index in [0.29, 0.717) is 23.7 Å². The number of pyridine rings is 1. The molecule has 36 heavy (non-hydrogen) atoms. The highest BCUT2D eigenvalue weighted by Crippen LogP contribution is 2.36. The Morgan fingerprint density at radius 2 is 1.92 bits per heavy atom. The maximum absolute atomic E-state index is 13.5. The average molecular weight is 527 g/mol. The van der Waals surface area contributed by atoms with Crippen LogP contribution in [0.25, 0.3) is 0 Å². The number of hydrogen-bond acceptors (Lipinski definition) is 5. The van der Waals surface area contributed by atoms with Crippen molar-refractivity contribution >= 4 is 29.2 Å². The van der Waals surface area contributed by atoms with Crippen LogP contribution in [0.2, 0.25) is 5.15 Å². The number of alkyl halides is 3. The summed E-state index contributed by atoms with van der Waals surface area (Å²) in [4.78, 5) is 32.4. The van der Waals surface area contributed by atoms with Crippen LogP contribution in [0.5, 0.6) is 5.75 Å². The maximum Gasteiger partial charge on any atom is 0.404 e. The fraction of sp³-hybridized carbons (Fsp3) is 0.480. The number of phenolic OH excluding ortho intramolecular Hbond substituents is 1. The number of halogens is 4. The zero-order chi connectivity index (χ0) is 26.5. The monoisotopic (exact) mass is 526 g/mol. The summed E-state index contributed by atoms with van der Waals surface area (Å²) in [5, 5.41) is 12.1. The molecule has 7 nitrogen and oxygen atoms in total. The number of hydrogen-bond donors (Lipinski definition) is 2. The molecule has 2 heterocycles. The van der Waals surface area contributed by atoms with Crippen LogP contribution in [0.4, 0.5) is 19.0 Å². The lowest BCUT2D eigenvalue weighted by Gasteiger charge is -2.33. The molecule has 2 aromatic rings. The minimum Gasteiger partial charge on any atom is -0.508 e. The normalized spacial score (nSPS) is 15.4. The number of anilines is 1. The molecule has 0 aliphatic carbocycles. The van der Waals surface area contributed by atoms with E-state index in [1.165, 1.54) is 23.1 Å². The molecule has 1 saturated heterocycles. The lowest BCUT2D eigenvalue weighted by molar-refractivity contribution is -0.165. The third-order valence-electron chi connectivity index (χ3n) is 6.29. The van der Waals surface area contributed by atoms with Gasteiger partial charge < -0.3 is 20.2 Å². The zero-order valence-electron chi connectivity index (χ0n) is 20.2. The third kappa shape index (κ3) is 7.02. The van der Waals surface area contributed by atoms with Gasteiger partial charge >= 0.3 is 6.18 Å². The van der Waals surface area contributed by atoms with Crippen LogP contribution in [-0.4, -0.2) is 66.7 Å². The van der Waals surface area contributed by atoms with E-state index in [0.717, 1.165) is 38.4 Å². The number of aromatic nitrogens is 1. The average Bonchev–Trinajstić information content (AvgIpc) is 2.81. The van der Waals surface area contributed by atoms with Gasteiger partial charge in [-0.3, -0.25) is 9.59 Å².